The van der Waals surface area contributed by atoms with Crippen LogP contribution in [0.1, 0.15) is 17.7 Å². The van der Waals surface area contributed by atoms with E-state index in [2.05, 4.69) is 39.2 Å². The average Bonchev–Trinajstić information content (AvgIpc) is 2.97. The molecular formula is C14H22IN3OS. The van der Waals surface area contributed by atoms with E-state index in [1.165, 1.54) is 10.5 Å². The molecule has 2 heterocycles. The van der Waals surface area contributed by atoms with Crippen LogP contribution >= 0.6 is 35.3 Å². The molecule has 0 unspecified atom stereocenters. The van der Waals surface area contributed by atoms with Crippen LogP contribution in [-0.4, -0.2) is 32.8 Å². The first-order chi connectivity index (χ1) is 9.38. The third-order valence-corrected chi connectivity index (χ3v) is 3.91. The highest BCUT2D eigenvalue weighted by Gasteiger charge is 2.04. The predicted molar refractivity (Wildman–Crippen MR) is 96.1 cm³/mol. The summed E-state index contributed by atoms with van der Waals surface area (Å²) in [6, 6.07) is 4.19. The molecule has 0 fully saturated rings. The van der Waals surface area contributed by atoms with Crippen molar-refractivity contribution in [3.63, 3.8) is 0 Å². The Labute approximate surface area is 141 Å². The van der Waals surface area contributed by atoms with E-state index in [9.17, 15) is 0 Å². The summed E-state index contributed by atoms with van der Waals surface area (Å²) < 4.78 is 5.30. The van der Waals surface area contributed by atoms with Gasteiger partial charge in [0.25, 0.3) is 0 Å². The van der Waals surface area contributed by atoms with E-state index in [0.717, 1.165) is 45.1 Å². The minimum Gasteiger partial charge on any atom is -0.377 e. The molecule has 112 valence electrons. The fourth-order valence-corrected chi connectivity index (χ4v) is 2.58. The van der Waals surface area contributed by atoms with Gasteiger partial charge in [0, 0.05) is 18.5 Å². The highest BCUT2D eigenvalue weighted by molar-refractivity contribution is 14.0. The maximum atomic E-state index is 5.30. The van der Waals surface area contributed by atoms with E-state index in [4.69, 9.17) is 4.74 Å². The van der Waals surface area contributed by atoms with Crippen molar-refractivity contribution >= 4 is 41.3 Å². The summed E-state index contributed by atoms with van der Waals surface area (Å²) in [5.74, 6) is 0.862. The largest absolute Gasteiger partial charge is 0.377 e. The highest BCUT2D eigenvalue weighted by atomic mass is 127. The second kappa shape index (κ2) is 10.2. The SMILES string of the molecule is CN=C(NCCC1=CCOCC1)NCc1cccs1.I. The maximum Gasteiger partial charge on any atom is 0.191 e. The van der Waals surface area contributed by atoms with Crippen molar-refractivity contribution in [3.05, 3.63) is 34.0 Å². The Morgan fingerprint density at radius 3 is 3.00 bits per heavy atom. The molecule has 0 amide bonds. The monoisotopic (exact) mass is 407 g/mol. The number of aliphatic imine (C=N–C) groups is 1. The molecule has 0 aromatic carbocycles. The number of ether oxygens (including phenoxy) is 1. The zero-order chi connectivity index (χ0) is 13.3. The quantitative estimate of drug-likeness (QED) is 0.342. The van der Waals surface area contributed by atoms with Gasteiger partial charge in [-0.1, -0.05) is 17.7 Å². The molecular weight excluding hydrogens is 385 g/mol. The van der Waals surface area contributed by atoms with Gasteiger partial charge in [-0.3, -0.25) is 4.99 Å². The van der Waals surface area contributed by atoms with Crippen LogP contribution < -0.4 is 10.6 Å². The molecule has 1 aliphatic heterocycles. The van der Waals surface area contributed by atoms with E-state index >= 15 is 0 Å². The lowest BCUT2D eigenvalue weighted by Gasteiger charge is -2.15. The molecule has 6 heteroatoms. The Bertz CT molecular complexity index is 432. The van der Waals surface area contributed by atoms with E-state index in [0.29, 0.717) is 0 Å². The fraction of sp³-hybridized carbons (Fsp3) is 0.500. The first kappa shape index (κ1) is 17.5. The van der Waals surface area contributed by atoms with Crippen LogP contribution in [-0.2, 0) is 11.3 Å². The van der Waals surface area contributed by atoms with Crippen molar-refractivity contribution in [2.75, 3.05) is 26.8 Å². The van der Waals surface area contributed by atoms with Crippen molar-refractivity contribution in [1.82, 2.24) is 10.6 Å². The molecule has 1 aromatic heterocycles. The molecule has 0 bridgehead atoms. The van der Waals surface area contributed by atoms with E-state index < -0.39 is 0 Å². The van der Waals surface area contributed by atoms with Gasteiger partial charge in [0.1, 0.15) is 0 Å². The topological polar surface area (TPSA) is 45.7 Å². The van der Waals surface area contributed by atoms with Crippen LogP contribution in [0.4, 0.5) is 0 Å². The smallest absolute Gasteiger partial charge is 0.191 e. The van der Waals surface area contributed by atoms with Gasteiger partial charge in [0.2, 0.25) is 0 Å². The lowest BCUT2D eigenvalue weighted by Crippen LogP contribution is -2.37. The van der Waals surface area contributed by atoms with Gasteiger partial charge in [0.15, 0.2) is 5.96 Å². The van der Waals surface area contributed by atoms with Crippen LogP contribution in [0.15, 0.2) is 34.2 Å². The normalized spacial score (nSPS) is 15.2. The molecule has 4 nitrogen and oxygen atoms in total. The minimum atomic E-state index is 0. The lowest BCUT2D eigenvalue weighted by molar-refractivity contribution is 0.153. The molecule has 20 heavy (non-hydrogen) atoms. The number of halogens is 1. The number of hydrogen-bond acceptors (Lipinski definition) is 3. The Balaban J connectivity index is 0.00000200. The average molecular weight is 407 g/mol. The number of thiophene rings is 1. The summed E-state index contributed by atoms with van der Waals surface area (Å²) in [4.78, 5) is 5.54. The maximum absolute atomic E-state index is 5.30. The van der Waals surface area contributed by atoms with Crippen LogP contribution in [0.3, 0.4) is 0 Å². The Morgan fingerprint density at radius 1 is 1.45 bits per heavy atom. The summed E-state index contributed by atoms with van der Waals surface area (Å²) >= 11 is 1.75. The van der Waals surface area contributed by atoms with Crippen molar-refractivity contribution < 1.29 is 4.74 Å². The zero-order valence-corrected chi connectivity index (χ0v) is 14.9. The van der Waals surface area contributed by atoms with Crippen molar-refractivity contribution in [1.29, 1.82) is 0 Å². The number of rotatable bonds is 5. The standard InChI is InChI=1S/C14H21N3OS.HI/c1-15-14(17-11-13-3-2-10-19-13)16-7-4-12-5-8-18-9-6-12;/h2-3,5,10H,4,6-9,11H2,1H3,(H2,15,16,17);1H. The molecule has 1 aliphatic rings. The second-order valence-electron chi connectivity index (χ2n) is 4.37. The van der Waals surface area contributed by atoms with Crippen molar-refractivity contribution in [2.45, 2.75) is 19.4 Å². The fourth-order valence-electron chi connectivity index (χ4n) is 1.94. The van der Waals surface area contributed by atoms with Gasteiger partial charge in [0.05, 0.1) is 19.8 Å². The minimum absolute atomic E-state index is 0. The van der Waals surface area contributed by atoms with Gasteiger partial charge < -0.3 is 15.4 Å². The zero-order valence-electron chi connectivity index (χ0n) is 11.7. The van der Waals surface area contributed by atoms with Gasteiger partial charge in [-0.15, -0.1) is 35.3 Å². The molecule has 2 rings (SSSR count). The Hall–Kier alpha value is -0.600. The molecule has 0 atom stereocenters. The number of nitrogens with zero attached hydrogens (tertiary/aromatic N) is 1. The highest BCUT2D eigenvalue weighted by Crippen LogP contribution is 2.10. The van der Waals surface area contributed by atoms with Crippen LogP contribution in [0.2, 0.25) is 0 Å². The van der Waals surface area contributed by atoms with Gasteiger partial charge in [-0.05, 0) is 24.3 Å². The first-order valence-electron chi connectivity index (χ1n) is 6.61. The third kappa shape index (κ3) is 6.23. The summed E-state index contributed by atoms with van der Waals surface area (Å²) in [5, 5.41) is 8.74. The van der Waals surface area contributed by atoms with E-state index in [1.807, 2.05) is 0 Å². The first-order valence-corrected chi connectivity index (χ1v) is 7.49. The summed E-state index contributed by atoms with van der Waals surface area (Å²) in [7, 11) is 1.80. The second-order valence-corrected chi connectivity index (χ2v) is 5.40. The van der Waals surface area contributed by atoms with Gasteiger partial charge >= 0.3 is 0 Å². The molecule has 1 aromatic rings. The van der Waals surface area contributed by atoms with Crippen LogP contribution in [0.5, 0.6) is 0 Å². The predicted octanol–water partition coefficient (Wildman–Crippen LogP) is 2.77. The van der Waals surface area contributed by atoms with E-state index in [-0.39, 0.29) is 24.0 Å². The summed E-state index contributed by atoms with van der Waals surface area (Å²) in [6.45, 7) is 3.36. The number of nitrogens with one attached hydrogen (secondary N) is 2. The summed E-state index contributed by atoms with van der Waals surface area (Å²) in [6.07, 6.45) is 4.30. The molecule has 0 radical (unpaired) electrons. The van der Waals surface area contributed by atoms with Gasteiger partial charge in [-0.25, -0.2) is 0 Å². The third-order valence-electron chi connectivity index (χ3n) is 3.03. The molecule has 0 saturated carbocycles. The number of hydrogen-bond donors (Lipinski definition) is 2. The molecule has 2 N–H and O–H groups in total. The lowest BCUT2D eigenvalue weighted by atomic mass is 10.1. The van der Waals surface area contributed by atoms with Crippen LogP contribution in [0.25, 0.3) is 0 Å². The van der Waals surface area contributed by atoms with Gasteiger partial charge in [-0.2, -0.15) is 0 Å². The molecule has 0 spiro atoms. The van der Waals surface area contributed by atoms with E-state index in [1.54, 1.807) is 18.4 Å². The Kier molecular flexibility index (Phi) is 8.88. The van der Waals surface area contributed by atoms with Crippen LogP contribution in [0, 0.1) is 0 Å². The van der Waals surface area contributed by atoms with Crippen molar-refractivity contribution in [3.8, 4) is 0 Å². The summed E-state index contributed by atoms with van der Waals surface area (Å²) in [5.41, 5.74) is 1.48. The Morgan fingerprint density at radius 2 is 2.35 bits per heavy atom. The number of guanidine groups is 1. The molecule has 0 saturated heterocycles. The molecule has 0 aliphatic carbocycles. The van der Waals surface area contributed by atoms with Crippen molar-refractivity contribution in [2.24, 2.45) is 4.99 Å².